The molecule has 3 atom stereocenters. The number of aliphatic hydroxyl groups excluding tert-OH is 1. The maximum absolute atomic E-state index is 13.0. The molecule has 0 aromatic heterocycles. The Labute approximate surface area is 210 Å². The number of carbonyl (C=O) groups excluding carboxylic acids is 3. The van der Waals surface area contributed by atoms with Crippen molar-refractivity contribution in [1.82, 2.24) is 10.6 Å². The monoisotopic (exact) mass is 490 g/mol. The molecule has 0 fully saturated rings. The summed E-state index contributed by atoms with van der Waals surface area (Å²) in [5, 5.41) is 15.2. The fourth-order valence-electron chi connectivity index (χ4n) is 3.43. The molecule has 0 bridgehead atoms. The van der Waals surface area contributed by atoms with Crippen molar-refractivity contribution in [3.63, 3.8) is 0 Å². The van der Waals surface area contributed by atoms with Crippen molar-refractivity contribution in [2.45, 2.75) is 44.7 Å². The lowest BCUT2D eigenvalue weighted by Gasteiger charge is -2.24. The number of carbonyl (C=O) groups is 3. The van der Waals surface area contributed by atoms with Gasteiger partial charge in [-0.2, -0.15) is 0 Å². The number of esters is 1. The Hall–Kier alpha value is -4.17. The second-order valence-corrected chi connectivity index (χ2v) is 8.27. The number of nitrogens with one attached hydrogen (secondary N) is 2. The third-order valence-electron chi connectivity index (χ3n) is 5.36. The van der Waals surface area contributed by atoms with Gasteiger partial charge in [0, 0.05) is 6.42 Å². The van der Waals surface area contributed by atoms with Crippen molar-refractivity contribution in [2.24, 2.45) is 0 Å². The molecule has 3 aromatic carbocycles. The number of alkyl carbamates (subject to hydrolysis) is 1. The first-order chi connectivity index (χ1) is 17.4. The van der Waals surface area contributed by atoms with Gasteiger partial charge in [0.25, 0.3) is 0 Å². The third-order valence-corrected chi connectivity index (χ3v) is 5.36. The molecule has 0 radical (unpaired) electrons. The molecule has 0 unspecified atom stereocenters. The second-order valence-electron chi connectivity index (χ2n) is 8.27. The number of benzene rings is 3. The molecule has 3 rings (SSSR count). The molecule has 2 amide bonds. The average Bonchev–Trinajstić information content (AvgIpc) is 2.90. The fraction of sp³-hybridized carbons (Fsp3) is 0.250. The van der Waals surface area contributed by atoms with E-state index in [1.165, 1.54) is 6.92 Å². The molecule has 8 nitrogen and oxygen atoms in total. The van der Waals surface area contributed by atoms with E-state index in [0.717, 1.165) is 16.7 Å². The number of hydrogen-bond acceptors (Lipinski definition) is 6. The molecule has 0 saturated carbocycles. The van der Waals surface area contributed by atoms with Crippen molar-refractivity contribution >= 4 is 18.0 Å². The SMILES string of the molecule is C[C@@H](O)[C@H](NC(=O)OCc1ccccc1)C(=O)N[C@@H](Cc1ccccc1)C(=O)OCc1ccccc1. The van der Waals surface area contributed by atoms with Crippen LogP contribution in [0.15, 0.2) is 91.0 Å². The summed E-state index contributed by atoms with van der Waals surface area (Å²) in [6, 6.07) is 25.0. The first-order valence-corrected chi connectivity index (χ1v) is 11.6. The van der Waals surface area contributed by atoms with Crippen LogP contribution in [0, 0.1) is 0 Å². The minimum Gasteiger partial charge on any atom is -0.459 e. The van der Waals surface area contributed by atoms with E-state index in [2.05, 4.69) is 10.6 Å². The van der Waals surface area contributed by atoms with Crippen LogP contribution in [0.2, 0.25) is 0 Å². The predicted molar refractivity (Wildman–Crippen MR) is 134 cm³/mol. The Bertz CT molecular complexity index is 1110. The van der Waals surface area contributed by atoms with Crippen molar-refractivity contribution in [3.05, 3.63) is 108 Å². The molecule has 36 heavy (non-hydrogen) atoms. The van der Waals surface area contributed by atoms with E-state index < -0.39 is 36.2 Å². The molecule has 0 spiro atoms. The van der Waals surface area contributed by atoms with E-state index in [0.29, 0.717) is 0 Å². The van der Waals surface area contributed by atoms with Gasteiger partial charge in [-0.3, -0.25) is 4.79 Å². The standard InChI is InChI=1S/C28H30N2O6/c1-20(31)25(30-28(34)36-19-23-15-9-4-10-16-23)26(32)29-24(17-21-11-5-2-6-12-21)27(33)35-18-22-13-7-3-8-14-22/h2-16,20,24-25,31H,17-19H2,1H3,(H,29,32)(H,30,34)/t20-,24+,25+/m1/s1. The number of rotatable bonds is 11. The highest BCUT2D eigenvalue weighted by Gasteiger charge is 2.31. The Morgan fingerprint density at radius 1 is 0.722 bits per heavy atom. The quantitative estimate of drug-likeness (QED) is 0.356. The van der Waals surface area contributed by atoms with Crippen LogP contribution in [-0.2, 0) is 38.7 Å². The zero-order valence-electron chi connectivity index (χ0n) is 20.0. The van der Waals surface area contributed by atoms with Crippen LogP contribution in [0.4, 0.5) is 4.79 Å². The van der Waals surface area contributed by atoms with Gasteiger partial charge >= 0.3 is 12.1 Å². The topological polar surface area (TPSA) is 114 Å². The summed E-state index contributed by atoms with van der Waals surface area (Å²) in [5.41, 5.74) is 2.39. The summed E-state index contributed by atoms with van der Waals surface area (Å²) in [4.78, 5) is 38.2. The van der Waals surface area contributed by atoms with E-state index in [4.69, 9.17) is 9.47 Å². The summed E-state index contributed by atoms with van der Waals surface area (Å²) in [6.07, 6.45) is -1.94. The zero-order chi connectivity index (χ0) is 25.8. The maximum Gasteiger partial charge on any atom is 0.408 e. The van der Waals surface area contributed by atoms with E-state index in [1.807, 2.05) is 78.9 Å². The summed E-state index contributed by atoms with van der Waals surface area (Å²) >= 11 is 0. The lowest BCUT2D eigenvalue weighted by molar-refractivity contribution is -0.149. The Balaban J connectivity index is 1.64. The molecule has 3 N–H and O–H groups in total. The van der Waals surface area contributed by atoms with Gasteiger partial charge in [-0.05, 0) is 23.6 Å². The minimum absolute atomic E-state index is 0.00324. The summed E-state index contributed by atoms with van der Waals surface area (Å²) < 4.78 is 10.6. The number of aliphatic hydroxyl groups is 1. The Morgan fingerprint density at radius 3 is 1.69 bits per heavy atom. The molecule has 188 valence electrons. The van der Waals surface area contributed by atoms with Gasteiger partial charge in [-0.15, -0.1) is 0 Å². The first kappa shape index (κ1) is 26.4. The van der Waals surface area contributed by atoms with Crippen molar-refractivity contribution < 1.29 is 29.0 Å². The van der Waals surface area contributed by atoms with E-state index in [1.54, 1.807) is 12.1 Å². The van der Waals surface area contributed by atoms with E-state index >= 15 is 0 Å². The van der Waals surface area contributed by atoms with Crippen molar-refractivity contribution in [2.75, 3.05) is 0 Å². The molecular formula is C28H30N2O6. The lowest BCUT2D eigenvalue weighted by Crippen LogP contribution is -2.56. The molecule has 0 aliphatic heterocycles. The van der Waals surface area contributed by atoms with Gasteiger partial charge in [0.15, 0.2) is 0 Å². The Morgan fingerprint density at radius 2 is 1.19 bits per heavy atom. The van der Waals surface area contributed by atoms with Crippen LogP contribution in [-0.4, -0.2) is 41.3 Å². The molecule has 0 aliphatic rings. The largest absolute Gasteiger partial charge is 0.459 e. The van der Waals surface area contributed by atoms with Gasteiger partial charge < -0.3 is 25.2 Å². The minimum atomic E-state index is -1.34. The summed E-state index contributed by atoms with van der Waals surface area (Å²) in [6.45, 7) is 1.41. The average molecular weight is 491 g/mol. The highest BCUT2D eigenvalue weighted by atomic mass is 16.5. The van der Waals surface area contributed by atoms with Crippen molar-refractivity contribution in [3.8, 4) is 0 Å². The third kappa shape index (κ3) is 8.56. The molecule has 0 saturated heterocycles. The van der Waals surface area contributed by atoms with Crippen LogP contribution in [0.5, 0.6) is 0 Å². The molecule has 3 aromatic rings. The van der Waals surface area contributed by atoms with Crippen LogP contribution >= 0.6 is 0 Å². The maximum atomic E-state index is 13.0. The number of hydrogen-bond donors (Lipinski definition) is 3. The molecule has 8 heteroatoms. The van der Waals surface area contributed by atoms with Crippen LogP contribution < -0.4 is 10.6 Å². The van der Waals surface area contributed by atoms with Crippen LogP contribution in [0.25, 0.3) is 0 Å². The lowest BCUT2D eigenvalue weighted by atomic mass is 10.0. The first-order valence-electron chi connectivity index (χ1n) is 11.6. The van der Waals surface area contributed by atoms with Gasteiger partial charge in [0.2, 0.25) is 5.91 Å². The van der Waals surface area contributed by atoms with Gasteiger partial charge in [-0.1, -0.05) is 91.0 Å². The smallest absolute Gasteiger partial charge is 0.408 e. The van der Waals surface area contributed by atoms with Gasteiger partial charge in [0.1, 0.15) is 25.3 Å². The van der Waals surface area contributed by atoms with Crippen LogP contribution in [0.1, 0.15) is 23.6 Å². The van der Waals surface area contributed by atoms with E-state index in [9.17, 15) is 19.5 Å². The number of ether oxygens (including phenoxy) is 2. The van der Waals surface area contributed by atoms with Crippen molar-refractivity contribution in [1.29, 1.82) is 0 Å². The summed E-state index contributed by atoms with van der Waals surface area (Å²) in [5.74, 6) is -1.37. The summed E-state index contributed by atoms with van der Waals surface area (Å²) in [7, 11) is 0. The van der Waals surface area contributed by atoms with Gasteiger partial charge in [-0.25, -0.2) is 9.59 Å². The van der Waals surface area contributed by atoms with E-state index in [-0.39, 0.29) is 19.6 Å². The highest BCUT2D eigenvalue weighted by molar-refractivity contribution is 5.90. The highest BCUT2D eigenvalue weighted by Crippen LogP contribution is 2.09. The Kier molecular flexibility index (Phi) is 10.0. The molecule has 0 heterocycles. The fourth-order valence-corrected chi connectivity index (χ4v) is 3.43. The number of amides is 2. The normalized spacial score (nSPS) is 13.1. The molecule has 0 aliphatic carbocycles. The van der Waals surface area contributed by atoms with Gasteiger partial charge in [0.05, 0.1) is 6.10 Å². The second kappa shape index (κ2) is 13.7. The predicted octanol–water partition coefficient (Wildman–Crippen LogP) is 3.13. The zero-order valence-corrected chi connectivity index (χ0v) is 20.0. The van der Waals surface area contributed by atoms with Crippen LogP contribution in [0.3, 0.4) is 0 Å². The molecular weight excluding hydrogens is 460 g/mol.